The van der Waals surface area contributed by atoms with Crippen LogP contribution in [0.25, 0.3) is 0 Å². The fourth-order valence-electron chi connectivity index (χ4n) is 5.36. The SMILES string of the molecule is C[C@@H]1C[C@H](NS(C)(=O)=O)[C@@H]2COC3CCC(CC3)c3ccc(F)c(n3)CCCCOC(=O)N12. The zero-order chi connectivity index (χ0) is 23.6. The van der Waals surface area contributed by atoms with Crippen LogP contribution in [0.15, 0.2) is 12.1 Å². The van der Waals surface area contributed by atoms with Crippen LogP contribution in [0.2, 0.25) is 0 Å². The molecule has 1 aliphatic carbocycles. The van der Waals surface area contributed by atoms with Crippen LogP contribution in [0.4, 0.5) is 9.18 Å². The minimum Gasteiger partial charge on any atom is -0.449 e. The van der Waals surface area contributed by atoms with Crippen LogP contribution in [-0.4, -0.2) is 68.1 Å². The molecule has 0 spiro atoms. The van der Waals surface area contributed by atoms with Gasteiger partial charge in [0.2, 0.25) is 10.0 Å². The average molecular weight is 484 g/mol. The number of hydrogen-bond donors (Lipinski definition) is 1. The van der Waals surface area contributed by atoms with Crippen LogP contribution in [0.5, 0.6) is 0 Å². The number of rotatable bonds is 2. The molecule has 1 aromatic heterocycles. The zero-order valence-corrected chi connectivity index (χ0v) is 20.2. The number of pyridine rings is 1. The Kier molecular flexibility index (Phi) is 7.55. The van der Waals surface area contributed by atoms with E-state index in [0.717, 1.165) is 37.6 Å². The fourth-order valence-corrected chi connectivity index (χ4v) is 6.17. The van der Waals surface area contributed by atoms with Gasteiger partial charge in [-0.2, -0.15) is 0 Å². The molecule has 10 heteroatoms. The highest BCUT2D eigenvalue weighted by molar-refractivity contribution is 7.88. The van der Waals surface area contributed by atoms with Crippen molar-refractivity contribution in [1.29, 1.82) is 0 Å². The number of carbonyl (C=O) groups is 1. The Morgan fingerprint density at radius 2 is 1.94 bits per heavy atom. The third kappa shape index (κ3) is 6.02. The van der Waals surface area contributed by atoms with Crippen molar-refractivity contribution in [3.05, 3.63) is 29.3 Å². The summed E-state index contributed by atoms with van der Waals surface area (Å²) in [5.74, 6) is -0.00345. The Morgan fingerprint density at radius 1 is 1.18 bits per heavy atom. The fraction of sp³-hybridized carbons (Fsp3) is 0.739. The molecule has 4 aliphatic rings. The lowest BCUT2D eigenvalue weighted by atomic mass is 9.85. The molecular weight excluding hydrogens is 449 g/mol. The molecule has 0 radical (unpaired) electrons. The summed E-state index contributed by atoms with van der Waals surface area (Å²) < 4.78 is 52.5. The number of ether oxygens (including phenoxy) is 2. The monoisotopic (exact) mass is 483 g/mol. The molecule has 5 rings (SSSR count). The maximum absolute atomic E-state index is 14.3. The van der Waals surface area contributed by atoms with Crippen LogP contribution in [0, 0.1) is 5.82 Å². The van der Waals surface area contributed by atoms with E-state index in [1.54, 1.807) is 11.0 Å². The number of carbonyl (C=O) groups excluding carboxylic acids is 1. The second-order valence-corrected chi connectivity index (χ2v) is 11.4. The summed E-state index contributed by atoms with van der Waals surface area (Å²) in [5, 5.41) is 0. The van der Waals surface area contributed by atoms with Gasteiger partial charge in [0.15, 0.2) is 0 Å². The molecular formula is C23H34FN3O5S. The second-order valence-electron chi connectivity index (χ2n) is 9.60. The van der Waals surface area contributed by atoms with Gasteiger partial charge in [-0.25, -0.2) is 22.3 Å². The lowest BCUT2D eigenvalue weighted by Gasteiger charge is -2.33. The van der Waals surface area contributed by atoms with Crippen LogP contribution in [0.1, 0.15) is 69.2 Å². The van der Waals surface area contributed by atoms with E-state index < -0.39 is 28.2 Å². The Bertz CT molecular complexity index is 951. The van der Waals surface area contributed by atoms with Crippen molar-refractivity contribution in [2.75, 3.05) is 19.5 Å². The lowest BCUT2D eigenvalue weighted by Crippen LogP contribution is -2.50. The largest absolute Gasteiger partial charge is 0.449 e. The highest BCUT2D eigenvalue weighted by Crippen LogP contribution is 2.35. The van der Waals surface area contributed by atoms with E-state index in [1.807, 2.05) is 6.92 Å². The summed E-state index contributed by atoms with van der Waals surface area (Å²) in [6.07, 6.45) is 6.45. The summed E-state index contributed by atoms with van der Waals surface area (Å²) in [5.41, 5.74) is 1.42. The molecule has 1 amide bonds. The summed E-state index contributed by atoms with van der Waals surface area (Å²) >= 11 is 0. The van der Waals surface area contributed by atoms with Gasteiger partial charge in [0.25, 0.3) is 0 Å². The first kappa shape index (κ1) is 24.3. The van der Waals surface area contributed by atoms with Gasteiger partial charge in [0.1, 0.15) is 5.82 Å². The van der Waals surface area contributed by atoms with Gasteiger partial charge in [0, 0.05) is 23.7 Å². The van der Waals surface area contributed by atoms with Crippen molar-refractivity contribution in [2.45, 2.75) is 88.4 Å². The minimum atomic E-state index is -3.44. The van der Waals surface area contributed by atoms with Crippen LogP contribution < -0.4 is 4.72 Å². The lowest BCUT2D eigenvalue weighted by molar-refractivity contribution is -0.0106. The first-order chi connectivity index (χ1) is 15.7. The molecule has 1 saturated heterocycles. The Labute approximate surface area is 195 Å². The maximum atomic E-state index is 14.3. The molecule has 1 saturated carbocycles. The van der Waals surface area contributed by atoms with Crippen molar-refractivity contribution in [2.24, 2.45) is 0 Å². The van der Waals surface area contributed by atoms with Crippen LogP contribution in [0.3, 0.4) is 0 Å². The van der Waals surface area contributed by atoms with Gasteiger partial charge in [-0.05, 0) is 70.4 Å². The number of halogens is 1. The van der Waals surface area contributed by atoms with Gasteiger partial charge >= 0.3 is 6.09 Å². The summed E-state index contributed by atoms with van der Waals surface area (Å²) in [7, 11) is -3.44. The number of aryl methyl sites for hydroxylation is 1. The molecule has 1 aromatic rings. The van der Waals surface area contributed by atoms with E-state index in [2.05, 4.69) is 9.71 Å². The van der Waals surface area contributed by atoms with Crippen molar-refractivity contribution in [3.63, 3.8) is 0 Å². The summed E-state index contributed by atoms with van der Waals surface area (Å²) in [6, 6.07) is 2.28. The topological polar surface area (TPSA) is 97.8 Å². The molecule has 1 N–H and O–H groups in total. The molecule has 0 aromatic carbocycles. The molecule has 8 nitrogen and oxygen atoms in total. The molecule has 3 atom stereocenters. The first-order valence-corrected chi connectivity index (χ1v) is 13.8. The van der Waals surface area contributed by atoms with Gasteiger partial charge in [-0.3, -0.25) is 9.88 Å². The van der Waals surface area contributed by atoms with E-state index in [1.165, 1.54) is 6.07 Å². The van der Waals surface area contributed by atoms with Gasteiger partial charge in [-0.15, -0.1) is 0 Å². The second kappa shape index (κ2) is 10.2. The Hall–Kier alpha value is -1.78. The summed E-state index contributed by atoms with van der Waals surface area (Å²) in [4.78, 5) is 19.2. The number of fused-ring (bicyclic) bond motifs is 8. The van der Waals surface area contributed by atoms with Crippen LogP contribution >= 0.6 is 0 Å². The molecule has 2 fully saturated rings. The third-order valence-electron chi connectivity index (χ3n) is 7.04. The Morgan fingerprint density at radius 3 is 2.67 bits per heavy atom. The van der Waals surface area contributed by atoms with E-state index >= 15 is 0 Å². The minimum absolute atomic E-state index is 0.0320. The van der Waals surface area contributed by atoms with E-state index in [9.17, 15) is 17.6 Å². The number of nitrogens with one attached hydrogen (secondary N) is 1. The third-order valence-corrected chi connectivity index (χ3v) is 7.77. The molecule has 4 heterocycles. The summed E-state index contributed by atoms with van der Waals surface area (Å²) in [6.45, 7) is 2.36. The van der Waals surface area contributed by atoms with Gasteiger partial charge < -0.3 is 9.47 Å². The van der Waals surface area contributed by atoms with E-state index in [4.69, 9.17) is 9.47 Å². The van der Waals surface area contributed by atoms with Crippen molar-refractivity contribution < 1.29 is 27.1 Å². The number of amides is 1. The standard InChI is InChI=1S/C23H34FN3O5S/c1-15-13-21(26-33(2,29)30)22-14-32-17-8-6-16(7-9-17)19-11-10-18(24)20(25-19)5-3-4-12-31-23(28)27(15)22/h10-11,15-17,21-22,26H,3-9,12-14H2,1-2H3/t15-,16?,17?,21+,22+/m1/s1. The zero-order valence-electron chi connectivity index (χ0n) is 19.3. The van der Waals surface area contributed by atoms with Crippen molar-refractivity contribution in [3.8, 4) is 0 Å². The molecule has 184 valence electrons. The number of sulfonamides is 1. The Balaban J connectivity index is 1.53. The number of hydrogen-bond acceptors (Lipinski definition) is 6. The highest BCUT2D eigenvalue weighted by atomic mass is 32.2. The number of nitrogens with zero attached hydrogens (tertiary/aromatic N) is 2. The van der Waals surface area contributed by atoms with Gasteiger partial charge in [-0.1, -0.05) is 0 Å². The molecule has 33 heavy (non-hydrogen) atoms. The van der Waals surface area contributed by atoms with E-state index in [-0.39, 0.29) is 37.1 Å². The van der Waals surface area contributed by atoms with Crippen LogP contribution in [-0.2, 0) is 25.9 Å². The molecule has 3 aliphatic heterocycles. The van der Waals surface area contributed by atoms with Gasteiger partial charge in [0.05, 0.1) is 37.3 Å². The van der Waals surface area contributed by atoms with E-state index in [0.29, 0.717) is 31.4 Å². The maximum Gasteiger partial charge on any atom is 0.410 e. The smallest absolute Gasteiger partial charge is 0.410 e. The molecule has 4 bridgehead atoms. The van der Waals surface area contributed by atoms with Crippen molar-refractivity contribution in [1.82, 2.24) is 14.6 Å². The van der Waals surface area contributed by atoms with Crippen molar-refractivity contribution >= 4 is 16.1 Å². The highest BCUT2D eigenvalue weighted by Gasteiger charge is 2.44. The predicted octanol–water partition coefficient (Wildman–Crippen LogP) is 3.12. The first-order valence-electron chi connectivity index (χ1n) is 11.9. The molecule has 0 unspecified atom stereocenters. The normalized spacial score (nSPS) is 31.7. The average Bonchev–Trinajstić information content (AvgIpc) is 3.06. The predicted molar refractivity (Wildman–Crippen MR) is 121 cm³/mol. The number of aromatic nitrogens is 1. The quantitative estimate of drug-likeness (QED) is 0.694.